The van der Waals surface area contributed by atoms with Crippen LogP contribution in [0.3, 0.4) is 0 Å². The summed E-state index contributed by atoms with van der Waals surface area (Å²) < 4.78 is 23.7. The predicted molar refractivity (Wildman–Crippen MR) is 55.1 cm³/mol. The molecule has 1 aliphatic heterocycles. The molecule has 0 aliphatic carbocycles. The third-order valence-electron chi connectivity index (χ3n) is 2.57. The number of likely N-dealkylation sites (tertiary alicyclic amines) is 1. The van der Waals surface area contributed by atoms with Crippen molar-refractivity contribution >= 4 is 0 Å². The molecule has 0 radical (unpaired) electrons. The first-order valence-electron chi connectivity index (χ1n) is 5.18. The van der Waals surface area contributed by atoms with Crippen molar-refractivity contribution in [3.63, 3.8) is 0 Å². The molecule has 0 spiro atoms. The van der Waals surface area contributed by atoms with E-state index in [1.54, 1.807) is 0 Å². The lowest BCUT2D eigenvalue weighted by Crippen LogP contribution is -2.53. The van der Waals surface area contributed by atoms with Crippen LogP contribution in [0.5, 0.6) is 11.8 Å². The van der Waals surface area contributed by atoms with Gasteiger partial charge in [0.15, 0.2) is 0 Å². The Kier molecular flexibility index (Phi) is 3.19. The van der Waals surface area contributed by atoms with Gasteiger partial charge in [0.2, 0.25) is 5.82 Å². The largest absolute Gasteiger partial charge is 0.479 e. The maximum atomic E-state index is 13.6. The smallest absolute Gasteiger partial charge is 0.258 e. The number of ether oxygens (including phenoxy) is 2. The summed E-state index contributed by atoms with van der Waals surface area (Å²) in [5.74, 6) is -0.760. The summed E-state index contributed by atoms with van der Waals surface area (Å²) in [6.45, 7) is 4.67. The first-order chi connectivity index (χ1) is 7.74. The van der Waals surface area contributed by atoms with Gasteiger partial charge in [0.05, 0.1) is 7.11 Å². The average molecular weight is 227 g/mol. The van der Waals surface area contributed by atoms with E-state index in [4.69, 9.17) is 9.47 Å². The lowest BCUT2D eigenvalue weighted by molar-refractivity contribution is 0.0178. The van der Waals surface area contributed by atoms with Gasteiger partial charge in [-0.25, -0.2) is 0 Å². The highest BCUT2D eigenvalue weighted by Gasteiger charge is 2.28. The monoisotopic (exact) mass is 227 g/mol. The summed E-state index contributed by atoms with van der Waals surface area (Å²) in [4.78, 5) is 9.59. The molecule has 0 aromatic carbocycles. The molecule has 1 aromatic rings. The predicted octanol–water partition coefficient (Wildman–Crippen LogP) is 0.707. The van der Waals surface area contributed by atoms with Crippen LogP contribution in [0.4, 0.5) is 4.39 Å². The summed E-state index contributed by atoms with van der Waals surface area (Å²) in [6, 6.07) is 0. The molecule has 0 amide bonds. The summed E-state index contributed by atoms with van der Waals surface area (Å²) >= 11 is 0. The highest BCUT2D eigenvalue weighted by atomic mass is 19.1. The van der Waals surface area contributed by atoms with Gasteiger partial charge in [-0.2, -0.15) is 14.4 Å². The van der Waals surface area contributed by atoms with Gasteiger partial charge in [0, 0.05) is 13.1 Å². The standard InChI is InChI=1S/C10H14FN3O2/c1-3-14-4-7(5-14)16-10-8(11)9(15-2)12-6-13-10/h6-7H,3-5H2,1-2H3. The van der Waals surface area contributed by atoms with Crippen LogP contribution in [0.15, 0.2) is 6.33 Å². The molecule has 1 aliphatic rings. The number of nitrogens with zero attached hydrogens (tertiary/aromatic N) is 3. The van der Waals surface area contributed by atoms with Gasteiger partial charge in [0.25, 0.3) is 11.8 Å². The molecule has 0 unspecified atom stereocenters. The Labute approximate surface area is 93.2 Å². The molecule has 1 aromatic heterocycles. The maximum absolute atomic E-state index is 13.6. The van der Waals surface area contributed by atoms with E-state index in [2.05, 4.69) is 21.8 Å². The number of halogens is 1. The van der Waals surface area contributed by atoms with Crippen LogP contribution in [-0.2, 0) is 0 Å². The van der Waals surface area contributed by atoms with Crippen molar-refractivity contribution in [3.8, 4) is 11.8 Å². The summed E-state index contributed by atoms with van der Waals surface area (Å²) in [7, 11) is 1.36. The van der Waals surface area contributed by atoms with Crippen LogP contribution in [0.1, 0.15) is 6.92 Å². The van der Waals surface area contributed by atoms with Gasteiger partial charge in [-0.05, 0) is 6.54 Å². The van der Waals surface area contributed by atoms with Crippen molar-refractivity contribution in [2.75, 3.05) is 26.7 Å². The average Bonchev–Trinajstić information content (AvgIpc) is 2.25. The first kappa shape index (κ1) is 11.1. The Balaban J connectivity index is 2.00. The van der Waals surface area contributed by atoms with E-state index in [-0.39, 0.29) is 17.9 Å². The van der Waals surface area contributed by atoms with Gasteiger partial charge in [0.1, 0.15) is 12.4 Å². The Morgan fingerprint density at radius 1 is 1.44 bits per heavy atom. The topological polar surface area (TPSA) is 47.5 Å². The maximum Gasteiger partial charge on any atom is 0.258 e. The minimum atomic E-state index is -0.639. The van der Waals surface area contributed by atoms with Gasteiger partial charge >= 0.3 is 0 Å². The molecule has 1 fully saturated rings. The van der Waals surface area contributed by atoms with Crippen LogP contribution in [-0.4, -0.2) is 47.7 Å². The van der Waals surface area contributed by atoms with Crippen LogP contribution in [0.2, 0.25) is 0 Å². The van der Waals surface area contributed by atoms with E-state index in [9.17, 15) is 4.39 Å². The summed E-state index contributed by atoms with van der Waals surface area (Å²) in [5, 5.41) is 0. The second-order valence-corrected chi connectivity index (χ2v) is 3.59. The third kappa shape index (κ3) is 2.06. The van der Waals surface area contributed by atoms with E-state index in [0.717, 1.165) is 19.6 Å². The van der Waals surface area contributed by atoms with E-state index in [0.29, 0.717) is 0 Å². The number of hydrogen-bond donors (Lipinski definition) is 0. The number of methoxy groups -OCH3 is 1. The number of hydrogen-bond acceptors (Lipinski definition) is 5. The molecular formula is C10H14FN3O2. The Hall–Kier alpha value is -1.43. The van der Waals surface area contributed by atoms with Crippen LogP contribution in [0.25, 0.3) is 0 Å². The Morgan fingerprint density at radius 3 is 2.75 bits per heavy atom. The highest BCUT2D eigenvalue weighted by Crippen LogP contribution is 2.23. The van der Waals surface area contributed by atoms with Gasteiger partial charge in [-0.1, -0.05) is 6.92 Å². The fourth-order valence-electron chi connectivity index (χ4n) is 1.58. The van der Waals surface area contributed by atoms with E-state index >= 15 is 0 Å². The number of aromatic nitrogens is 2. The summed E-state index contributed by atoms with van der Waals surface area (Å²) in [6.07, 6.45) is 1.24. The van der Waals surface area contributed by atoms with Crippen molar-refractivity contribution in [2.24, 2.45) is 0 Å². The molecule has 0 bridgehead atoms. The van der Waals surface area contributed by atoms with Gasteiger partial charge in [-0.3, -0.25) is 4.90 Å². The molecule has 6 heteroatoms. The summed E-state index contributed by atoms with van der Waals surface area (Å²) in [5.41, 5.74) is 0. The molecule has 5 nitrogen and oxygen atoms in total. The minimum absolute atomic E-state index is 0.00839. The van der Waals surface area contributed by atoms with E-state index in [1.807, 2.05) is 0 Å². The van der Waals surface area contributed by atoms with Crippen molar-refractivity contribution in [1.82, 2.24) is 14.9 Å². The molecule has 2 heterocycles. The van der Waals surface area contributed by atoms with E-state index in [1.165, 1.54) is 13.4 Å². The fourth-order valence-corrected chi connectivity index (χ4v) is 1.58. The second kappa shape index (κ2) is 4.61. The molecule has 0 saturated carbocycles. The zero-order valence-corrected chi connectivity index (χ0v) is 9.31. The lowest BCUT2D eigenvalue weighted by atomic mass is 10.2. The molecule has 0 N–H and O–H groups in total. The van der Waals surface area contributed by atoms with Crippen molar-refractivity contribution in [1.29, 1.82) is 0 Å². The number of rotatable bonds is 4. The molecule has 88 valence electrons. The van der Waals surface area contributed by atoms with Crippen molar-refractivity contribution in [2.45, 2.75) is 13.0 Å². The van der Waals surface area contributed by atoms with Crippen molar-refractivity contribution in [3.05, 3.63) is 12.1 Å². The highest BCUT2D eigenvalue weighted by molar-refractivity contribution is 5.22. The van der Waals surface area contributed by atoms with Gasteiger partial charge in [-0.15, -0.1) is 0 Å². The van der Waals surface area contributed by atoms with E-state index < -0.39 is 5.82 Å². The normalized spacial score (nSPS) is 16.9. The molecule has 1 saturated heterocycles. The SMILES string of the molecule is CCN1CC(Oc2ncnc(OC)c2F)C1. The quantitative estimate of drug-likeness (QED) is 0.758. The molecule has 2 rings (SSSR count). The van der Waals surface area contributed by atoms with Crippen LogP contribution < -0.4 is 9.47 Å². The zero-order valence-electron chi connectivity index (χ0n) is 9.31. The third-order valence-corrected chi connectivity index (χ3v) is 2.57. The second-order valence-electron chi connectivity index (χ2n) is 3.59. The van der Waals surface area contributed by atoms with Crippen LogP contribution >= 0.6 is 0 Å². The number of likely N-dealkylation sites (N-methyl/N-ethyl adjacent to an activating group) is 1. The zero-order chi connectivity index (χ0) is 11.5. The fraction of sp³-hybridized carbons (Fsp3) is 0.600. The van der Waals surface area contributed by atoms with Gasteiger partial charge < -0.3 is 9.47 Å². The lowest BCUT2D eigenvalue weighted by Gasteiger charge is -2.37. The Morgan fingerprint density at radius 2 is 2.12 bits per heavy atom. The molecular weight excluding hydrogens is 213 g/mol. The first-order valence-corrected chi connectivity index (χ1v) is 5.18. The Bertz CT molecular complexity index is 369. The molecule has 0 atom stereocenters. The van der Waals surface area contributed by atoms with Crippen molar-refractivity contribution < 1.29 is 13.9 Å². The minimum Gasteiger partial charge on any atom is -0.479 e. The van der Waals surface area contributed by atoms with Crippen LogP contribution in [0, 0.1) is 5.82 Å². The molecule has 16 heavy (non-hydrogen) atoms.